The van der Waals surface area contributed by atoms with Crippen LogP contribution in [0.25, 0.3) is 0 Å². The Morgan fingerprint density at radius 1 is 1.14 bits per heavy atom. The molecular weight excluding hydrogens is 405 g/mol. The summed E-state index contributed by atoms with van der Waals surface area (Å²) in [5.74, 6) is -1.22. The van der Waals surface area contributed by atoms with E-state index in [4.69, 9.17) is 33.7 Å². The third kappa shape index (κ3) is 6.44. The van der Waals surface area contributed by atoms with E-state index in [9.17, 15) is 14.4 Å². The van der Waals surface area contributed by atoms with Crippen LogP contribution in [-0.2, 0) is 14.3 Å². The first kappa shape index (κ1) is 21.5. The Morgan fingerprint density at radius 3 is 2.54 bits per heavy atom. The maximum absolute atomic E-state index is 12.1. The normalized spacial score (nSPS) is 11.4. The summed E-state index contributed by atoms with van der Waals surface area (Å²) in [6.07, 6.45) is -0.240. The monoisotopic (exact) mass is 423 g/mol. The fourth-order valence-corrected chi connectivity index (χ4v) is 2.89. The van der Waals surface area contributed by atoms with Crippen LogP contribution in [0, 0.1) is 6.92 Å². The van der Waals surface area contributed by atoms with Crippen molar-refractivity contribution in [1.29, 1.82) is 0 Å². The van der Waals surface area contributed by atoms with Gasteiger partial charge in [-0.15, -0.1) is 0 Å². The number of urea groups is 1. The number of carbonyl (C=O) groups is 3. The highest BCUT2D eigenvalue weighted by Crippen LogP contribution is 2.25. The SMILES string of the molecule is Cc1ccc(Cl)cc1NC(=O)COC(=O)CC(NC(N)=O)c1ccccc1Cl. The van der Waals surface area contributed by atoms with Gasteiger partial charge in [0, 0.05) is 15.7 Å². The Labute approximate surface area is 172 Å². The number of esters is 1. The number of hydrogen-bond donors (Lipinski definition) is 3. The molecule has 0 aromatic heterocycles. The van der Waals surface area contributed by atoms with Crippen LogP contribution in [0.4, 0.5) is 10.5 Å². The largest absolute Gasteiger partial charge is 0.455 e. The average Bonchev–Trinajstić information content (AvgIpc) is 2.62. The van der Waals surface area contributed by atoms with Crippen molar-refractivity contribution in [3.05, 3.63) is 63.6 Å². The molecule has 3 amide bonds. The molecule has 148 valence electrons. The minimum atomic E-state index is -0.813. The molecule has 0 radical (unpaired) electrons. The van der Waals surface area contributed by atoms with Crippen molar-refractivity contribution in [2.75, 3.05) is 11.9 Å². The van der Waals surface area contributed by atoms with E-state index in [1.165, 1.54) is 0 Å². The second-order valence-electron chi connectivity index (χ2n) is 5.95. The van der Waals surface area contributed by atoms with Crippen molar-refractivity contribution in [3.8, 4) is 0 Å². The zero-order chi connectivity index (χ0) is 20.7. The summed E-state index contributed by atoms with van der Waals surface area (Å²) in [6.45, 7) is 1.32. The van der Waals surface area contributed by atoms with Gasteiger partial charge in [-0.2, -0.15) is 0 Å². The van der Waals surface area contributed by atoms with Crippen molar-refractivity contribution >= 4 is 46.8 Å². The van der Waals surface area contributed by atoms with Crippen molar-refractivity contribution in [3.63, 3.8) is 0 Å². The third-order valence-electron chi connectivity index (χ3n) is 3.81. The second-order valence-corrected chi connectivity index (χ2v) is 6.80. The number of halogens is 2. The van der Waals surface area contributed by atoms with E-state index in [0.717, 1.165) is 5.56 Å². The summed E-state index contributed by atoms with van der Waals surface area (Å²) in [5.41, 5.74) is 7.02. The van der Waals surface area contributed by atoms with Crippen LogP contribution in [0.2, 0.25) is 10.0 Å². The quantitative estimate of drug-likeness (QED) is 0.590. The molecule has 0 bridgehead atoms. The number of primary amides is 1. The summed E-state index contributed by atoms with van der Waals surface area (Å²) in [7, 11) is 0. The van der Waals surface area contributed by atoms with Crippen LogP contribution in [-0.4, -0.2) is 24.5 Å². The van der Waals surface area contributed by atoms with E-state index in [1.807, 2.05) is 6.92 Å². The Bertz CT molecular complexity index is 889. The van der Waals surface area contributed by atoms with Crippen molar-refractivity contribution in [2.45, 2.75) is 19.4 Å². The number of ether oxygens (including phenoxy) is 1. The molecule has 28 heavy (non-hydrogen) atoms. The Morgan fingerprint density at radius 2 is 1.86 bits per heavy atom. The minimum absolute atomic E-state index is 0.240. The van der Waals surface area contributed by atoms with Crippen molar-refractivity contribution in [2.24, 2.45) is 5.73 Å². The molecule has 0 spiro atoms. The summed E-state index contributed by atoms with van der Waals surface area (Å²) < 4.78 is 5.00. The fourth-order valence-electron chi connectivity index (χ4n) is 2.45. The Kier molecular flexibility index (Phi) is 7.66. The first-order chi connectivity index (χ1) is 13.3. The molecule has 7 nitrogen and oxygen atoms in total. The first-order valence-electron chi connectivity index (χ1n) is 8.28. The van der Waals surface area contributed by atoms with Crippen LogP contribution in [0.1, 0.15) is 23.6 Å². The number of anilines is 1. The molecule has 9 heteroatoms. The minimum Gasteiger partial charge on any atom is -0.455 e. The maximum Gasteiger partial charge on any atom is 0.312 e. The van der Waals surface area contributed by atoms with Gasteiger partial charge in [-0.05, 0) is 36.2 Å². The van der Waals surface area contributed by atoms with Gasteiger partial charge in [0.25, 0.3) is 5.91 Å². The lowest BCUT2D eigenvalue weighted by Gasteiger charge is -2.18. The topological polar surface area (TPSA) is 111 Å². The van der Waals surface area contributed by atoms with Gasteiger partial charge in [-0.25, -0.2) is 4.79 Å². The Hall–Kier alpha value is -2.77. The highest BCUT2D eigenvalue weighted by Gasteiger charge is 2.21. The summed E-state index contributed by atoms with van der Waals surface area (Å²) in [4.78, 5) is 35.4. The van der Waals surface area contributed by atoms with Crippen LogP contribution >= 0.6 is 23.2 Å². The predicted octanol–water partition coefficient (Wildman–Crippen LogP) is 3.58. The third-order valence-corrected chi connectivity index (χ3v) is 4.39. The van der Waals surface area contributed by atoms with Gasteiger partial charge in [0.2, 0.25) is 0 Å². The first-order valence-corrected chi connectivity index (χ1v) is 9.04. The van der Waals surface area contributed by atoms with Gasteiger partial charge in [0.05, 0.1) is 12.5 Å². The fraction of sp³-hybridized carbons (Fsp3) is 0.211. The van der Waals surface area contributed by atoms with Crippen LogP contribution in [0.15, 0.2) is 42.5 Å². The van der Waals surface area contributed by atoms with Crippen molar-refractivity contribution in [1.82, 2.24) is 5.32 Å². The summed E-state index contributed by atoms with van der Waals surface area (Å²) in [5, 5.41) is 5.90. The number of carbonyl (C=O) groups excluding carboxylic acids is 3. The lowest BCUT2D eigenvalue weighted by Crippen LogP contribution is -2.35. The van der Waals surface area contributed by atoms with E-state index >= 15 is 0 Å². The molecular formula is C19H19Cl2N3O4. The Balaban J connectivity index is 1.95. The predicted molar refractivity (Wildman–Crippen MR) is 107 cm³/mol. The number of aryl methyl sites for hydroxylation is 1. The van der Waals surface area contributed by atoms with Crippen LogP contribution in [0.5, 0.6) is 0 Å². The molecule has 2 aromatic carbocycles. The zero-order valence-corrected chi connectivity index (χ0v) is 16.5. The molecule has 0 fully saturated rings. The molecule has 1 atom stereocenters. The molecule has 0 aliphatic rings. The van der Waals surface area contributed by atoms with Gasteiger partial charge in [0.1, 0.15) is 0 Å². The van der Waals surface area contributed by atoms with Gasteiger partial charge in [-0.3, -0.25) is 9.59 Å². The van der Waals surface area contributed by atoms with Gasteiger partial charge in [0.15, 0.2) is 6.61 Å². The molecule has 0 saturated heterocycles. The maximum atomic E-state index is 12.1. The standard InChI is InChI=1S/C19H19Cl2N3O4/c1-11-6-7-12(20)8-15(11)23-17(25)10-28-18(26)9-16(24-19(22)27)13-4-2-3-5-14(13)21/h2-8,16H,9-10H2,1H3,(H,23,25)(H3,22,24,27). The number of amides is 3. The number of hydrogen-bond acceptors (Lipinski definition) is 4. The van der Waals surface area contributed by atoms with Gasteiger partial charge >= 0.3 is 12.0 Å². The average molecular weight is 424 g/mol. The van der Waals surface area contributed by atoms with E-state index in [0.29, 0.717) is 21.3 Å². The molecule has 0 aliphatic carbocycles. The highest BCUT2D eigenvalue weighted by molar-refractivity contribution is 6.31. The van der Waals surface area contributed by atoms with Crippen molar-refractivity contribution < 1.29 is 19.1 Å². The van der Waals surface area contributed by atoms with Crippen LogP contribution < -0.4 is 16.4 Å². The van der Waals surface area contributed by atoms with Crippen LogP contribution in [0.3, 0.4) is 0 Å². The number of rotatable bonds is 7. The second kappa shape index (κ2) is 9.96. The summed E-state index contributed by atoms with van der Waals surface area (Å²) >= 11 is 12.0. The summed E-state index contributed by atoms with van der Waals surface area (Å²) in [6, 6.07) is 10.2. The lowest BCUT2D eigenvalue weighted by molar-refractivity contribution is -0.147. The van der Waals surface area contributed by atoms with Gasteiger partial charge < -0.3 is 21.1 Å². The molecule has 0 saturated carbocycles. The smallest absolute Gasteiger partial charge is 0.312 e. The number of benzene rings is 2. The molecule has 2 rings (SSSR count). The molecule has 0 heterocycles. The number of nitrogens with one attached hydrogen (secondary N) is 2. The molecule has 2 aromatic rings. The molecule has 4 N–H and O–H groups in total. The lowest BCUT2D eigenvalue weighted by atomic mass is 10.0. The number of nitrogens with two attached hydrogens (primary N) is 1. The van der Waals surface area contributed by atoms with E-state index in [2.05, 4.69) is 10.6 Å². The zero-order valence-electron chi connectivity index (χ0n) is 15.0. The molecule has 0 aliphatic heterocycles. The van der Waals surface area contributed by atoms with E-state index in [-0.39, 0.29) is 6.42 Å². The highest BCUT2D eigenvalue weighted by atomic mass is 35.5. The van der Waals surface area contributed by atoms with E-state index < -0.39 is 30.6 Å². The van der Waals surface area contributed by atoms with Gasteiger partial charge in [-0.1, -0.05) is 47.5 Å². The molecule has 1 unspecified atom stereocenters. The van der Waals surface area contributed by atoms with E-state index in [1.54, 1.807) is 42.5 Å².